The Morgan fingerprint density at radius 2 is 2.07 bits per heavy atom. The minimum atomic E-state index is -4.44. The van der Waals surface area contributed by atoms with Crippen molar-refractivity contribution in [3.05, 3.63) is 16.9 Å². The van der Waals surface area contributed by atoms with E-state index in [9.17, 15) is 13.2 Å². The van der Waals surface area contributed by atoms with E-state index in [1.807, 2.05) is 19.0 Å². The van der Waals surface area contributed by atoms with Crippen molar-refractivity contribution in [3.63, 3.8) is 0 Å². The quantitative estimate of drug-likeness (QED) is 0.808. The molecule has 1 aromatic heterocycles. The molecule has 0 aliphatic carbocycles. The Labute approximate surface area is 90.4 Å². The van der Waals surface area contributed by atoms with Crippen LogP contribution in [0, 0.1) is 0 Å². The maximum absolute atomic E-state index is 12.2. The molecular formula is C8H11ClF3N3. The molecule has 1 rings (SSSR count). The third-order valence-corrected chi connectivity index (χ3v) is 2.08. The Hall–Kier alpha value is -0.750. The first-order chi connectivity index (χ1) is 6.80. The van der Waals surface area contributed by atoms with Gasteiger partial charge in [-0.15, -0.1) is 0 Å². The molecule has 15 heavy (non-hydrogen) atoms. The largest absolute Gasteiger partial charge is 0.435 e. The summed E-state index contributed by atoms with van der Waals surface area (Å²) in [6.45, 7) is 0.917. The number of hydrogen-bond donors (Lipinski definition) is 0. The average molecular weight is 242 g/mol. The monoisotopic (exact) mass is 241 g/mol. The Morgan fingerprint density at radius 3 is 2.47 bits per heavy atom. The molecule has 0 saturated carbocycles. The molecule has 1 heterocycles. The minimum Gasteiger partial charge on any atom is -0.308 e. The van der Waals surface area contributed by atoms with Crippen molar-refractivity contribution in [2.24, 2.45) is 0 Å². The number of rotatable bonds is 3. The number of aromatic nitrogens is 2. The summed E-state index contributed by atoms with van der Waals surface area (Å²) < 4.78 is 37.8. The van der Waals surface area contributed by atoms with E-state index in [1.54, 1.807) is 0 Å². The van der Waals surface area contributed by atoms with Crippen LogP contribution >= 0.6 is 11.6 Å². The highest BCUT2D eigenvalue weighted by atomic mass is 35.5. The summed E-state index contributed by atoms with van der Waals surface area (Å²) in [6.07, 6.45) is -4.44. The Morgan fingerprint density at radius 1 is 1.47 bits per heavy atom. The van der Waals surface area contributed by atoms with Gasteiger partial charge in [-0.3, -0.25) is 4.68 Å². The number of halogens is 4. The van der Waals surface area contributed by atoms with Crippen molar-refractivity contribution in [3.8, 4) is 0 Å². The maximum Gasteiger partial charge on any atom is 0.435 e. The summed E-state index contributed by atoms with van der Waals surface area (Å²) in [6, 6.07) is 0.831. The first-order valence-electron chi connectivity index (χ1n) is 4.26. The zero-order valence-corrected chi connectivity index (χ0v) is 9.10. The number of hydrogen-bond acceptors (Lipinski definition) is 2. The molecule has 86 valence electrons. The lowest BCUT2D eigenvalue weighted by atomic mass is 10.4. The van der Waals surface area contributed by atoms with E-state index in [4.69, 9.17) is 11.6 Å². The van der Waals surface area contributed by atoms with Gasteiger partial charge >= 0.3 is 6.18 Å². The van der Waals surface area contributed by atoms with Crippen LogP contribution in [-0.2, 0) is 12.7 Å². The lowest BCUT2D eigenvalue weighted by Gasteiger charge is -2.09. The summed E-state index contributed by atoms with van der Waals surface area (Å²) in [4.78, 5) is 1.84. The van der Waals surface area contributed by atoms with Crippen molar-refractivity contribution in [2.45, 2.75) is 12.7 Å². The minimum absolute atomic E-state index is 0.00387. The van der Waals surface area contributed by atoms with Gasteiger partial charge in [0.2, 0.25) is 0 Å². The molecule has 0 aliphatic heterocycles. The van der Waals surface area contributed by atoms with Crippen molar-refractivity contribution in [1.82, 2.24) is 14.7 Å². The molecule has 0 aromatic carbocycles. The number of nitrogens with zero attached hydrogens (tertiary/aromatic N) is 3. The van der Waals surface area contributed by atoms with E-state index >= 15 is 0 Å². The van der Waals surface area contributed by atoms with Crippen molar-refractivity contribution in [2.75, 3.05) is 20.6 Å². The highest BCUT2D eigenvalue weighted by molar-refractivity contribution is 6.29. The van der Waals surface area contributed by atoms with Gasteiger partial charge in [-0.05, 0) is 14.1 Å². The fourth-order valence-corrected chi connectivity index (χ4v) is 1.21. The zero-order valence-electron chi connectivity index (χ0n) is 8.35. The van der Waals surface area contributed by atoms with Crippen LogP contribution in [0.4, 0.5) is 13.2 Å². The Bertz CT molecular complexity index is 332. The van der Waals surface area contributed by atoms with E-state index < -0.39 is 11.9 Å². The molecule has 0 unspecified atom stereocenters. The first-order valence-corrected chi connectivity index (χ1v) is 4.64. The van der Waals surface area contributed by atoms with Crippen LogP contribution in [0.5, 0.6) is 0 Å². The summed E-state index contributed by atoms with van der Waals surface area (Å²) in [5.74, 6) is 0. The van der Waals surface area contributed by atoms with Gasteiger partial charge in [-0.2, -0.15) is 18.3 Å². The van der Waals surface area contributed by atoms with Gasteiger partial charge in [0.1, 0.15) is 5.15 Å². The zero-order chi connectivity index (χ0) is 11.6. The van der Waals surface area contributed by atoms with Gasteiger partial charge in [-0.25, -0.2) is 0 Å². The highest BCUT2D eigenvalue weighted by Gasteiger charge is 2.34. The standard InChI is InChI=1S/C8H11ClF3N3/c1-14(2)3-4-15-7(9)5-6(13-15)8(10,11)12/h5H,3-4H2,1-2H3. The third kappa shape index (κ3) is 3.39. The second-order valence-electron chi connectivity index (χ2n) is 3.38. The first kappa shape index (κ1) is 12.3. The Balaban J connectivity index is 2.78. The van der Waals surface area contributed by atoms with Crippen LogP contribution in [0.3, 0.4) is 0 Å². The molecular weight excluding hydrogens is 231 g/mol. The second kappa shape index (κ2) is 4.40. The highest BCUT2D eigenvalue weighted by Crippen LogP contribution is 2.29. The molecule has 0 bridgehead atoms. The summed E-state index contributed by atoms with van der Waals surface area (Å²) in [5.41, 5.74) is -0.953. The second-order valence-corrected chi connectivity index (χ2v) is 3.76. The molecule has 7 heteroatoms. The van der Waals surface area contributed by atoms with Crippen LogP contribution < -0.4 is 0 Å². The molecule has 0 radical (unpaired) electrons. The number of alkyl halides is 3. The van der Waals surface area contributed by atoms with Crippen molar-refractivity contribution < 1.29 is 13.2 Å². The fourth-order valence-electron chi connectivity index (χ4n) is 0.984. The molecule has 1 aromatic rings. The van der Waals surface area contributed by atoms with Gasteiger partial charge in [0.15, 0.2) is 5.69 Å². The lowest BCUT2D eigenvalue weighted by molar-refractivity contribution is -0.141. The summed E-state index contributed by atoms with van der Waals surface area (Å²) in [7, 11) is 3.64. The SMILES string of the molecule is CN(C)CCn1nc(C(F)(F)F)cc1Cl. The summed E-state index contributed by atoms with van der Waals surface area (Å²) >= 11 is 5.62. The van der Waals surface area contributed by atoms with Gasteiger partial charge in [0.05, 0.1) is 6.54 Å². The predicted octanol–water partition coefficient (Wildman–Crippen LogP) is 2.12. The van der Waals surface area contributed by atoms with Gasteiger partial charge in [0, 0.05) is 12.6 Å². The van der Waals surface area contributed by atoms with Gasteiger partial charge in [0.25, 0.3) is 0 Å². The average Bonchev–Trinajstić information content (AvgIpc) is 2.42. The lowest BCUT2D eigenvalue weighted by Crippen LogP contribution is -2.19. The third-order valence-electron chi connectivity index (χ3n) is 1.78. The van der Waals surface area contributed by atoms with Gasteiger partial charge < -0.3 is 4.90 Å². The summed E-state index contributed by atoms with van der Waals surface area (Å²) in [5, 5.41) is 3.39. The Kier molecular flexibility index (Phi) is 3.62. The molecule has 0 fully saturated rings. The van der Waals surface area contributed by atoms with E-state index in [-0.39, 0.29) is 5.15 Å². The van der Waals surface area contributed by atoms with Crippen molar-refractivity contribution >= 4 is 11.6 Å². The smallest absolute Gasteiger partial charge is 0.308 e. The molecule has 0 aliphatic rings. The van der Waals surface area contributed by atoms with Gasteiger partial charge in [-0.1, -0.05) is 11.6 Å². The van der Waals surface area contributed by atoms with E-state index in [2.05, 4.69) is 5.10 Å². The van der Waals surface area contributed by atoms with Crippen LogP contribution in [0.15, 0.2) is 6.07 Å². The normalized spacial score (nSPS) is 12.5. The fraction of sp³-hybridized carbons (Fsp3) is 0.625. The molecule has 0 saturated heterocycles. The van der Waals surface area contributed by atoms with E-state index in [0.29, 0.717) is 13.1 Å². The number of likely N-dealkylation sites (N-methyl/N-ethyl adjacent to an activating group) is 1. The van der Waals surface area contributed by atoms with Crippen LogP contribution in [0.1, 0.15) is 5.69 Å². The van der Waals surface area contributed by atoms with E-state index in [1.165, 1.54) is 0 Å². The van der Waals surface area contributed by atoms with Crippen LogP contribution in [-0.4, -0.2) is 35.3 Å². The molecule has 0 amide bonds. The van der Waals surface area contributed by atoms with Crippen LogP contribution in [0.2, 0.25) is 5.15 Å². The van der Waals surface area contributed by atoms with Crippen LogP contribution in [0.25, 0.3) is 0 Å². The maximum atomic E-state index is 12.2. The molecule has 0 atom stereocenters. The molecule has 3 nitrogen and oxygen atoms in total. The predicted molar refractivity (Wildman–Crippen MR) is 50.8 cm³/mol. The van der Waals surface area contributed by atoms with E-state index in [0.717, 1.165) is 10.7 Å². The topological polar surface area (TPSA) is 21.1 Å². The molecule has 0 spiro atoms. The molecule has 0 N–H and O–H groups in total. The van der Waals surface area contributed by atoms with Crippen molar-refractivity contribution in [1.29, 1.82) is 0 Å².